The third-order valence-corrected chi connectivity index (χ3v) is 5.06. The van der Waals surface area contributed by atoms with E-state index in [1.165, 1.54) is 6.07 Å². The highest BCUT2D eigenvalue weighted by Gasteiger charge is 2.23. The van der Waals surface area contributed by atoms with Gasteiger partial charge in [0.05, 0.1) is 6.42 Å². The van der Waals surface area contributed by atoms with E-state index >= 15 is 0 Å². The summed E-state index contributed by atoms with van der Waals surface area (Å²) in [4.78, 5) is 28.7. The van der Waals surface area contributed by atoms with Gasteiger partial charge in [-0.3, -0.25) is 4.79 Å². The van der Waals surface area contributed by atoms with Crippen LogP contribution in [-0.2, 0) is 4.79 Å². The molecule has 154 valence electrons. The molecule has 0 fully saturated rings. The number of ether oxygens (including phenoxy) is 1. The zero-order chi connectivity index (χ0) is 20.9. The van der Waals surface area contributed by atoms with Crippen LogP contribution in [0.3, 0.4) is 0 Å². The molecular formula is C24H23NO5. The summed E-state index contributed by atoms with van der Waals surface area (Å²) in [5.41, 5.74) is 1.43. The molecule has 30 heavy (non-hydrogen) atoms. The second kappa shape index (κ2) is 8.95. The van der Waals surface area contributed by atoms with Gasteiger partial charge in [-0.25, -0.2) is 9.78 Å². The Morgan fingerprint density at radius 1 is 1.03 bits per heavy atom. The molecule has 0 spiro atoms. The molecule has 0 bridgehead atoms. The van der Waals surface area contributed by atoms with Crippen LogP contribution >= 0.6 is 0 Å². The van der Waals surface area contributed by atoms with Crippen LogP contribution in [0.15, 0.2) is 68.2 Å². The monoisotopic (exact) mass is 405 g/mol. The van der Waals surface area contributed by atoms with Crippen LogP contribution in [0.4, 0.5) is 0 Å². The zero-order valence-corrected chi connectivity index (χ0v) is 16.8. The van der Waals surface area contributed by atoms with Crippen molar-refractivity contribution in [1.29, 1.82) is 0 Å². The van der Waals surface area contributed by atoms with Crippen molar-refractivity contribution in [3.63, 3.8) is 0 Å². The first-order valence-electron chi connectivity index (χ1n) is 10.2. The maximum atomic E-state index is 12.7. The molecule has 0 saturated carbocycles. The highest BCUT2D eigenvalue weighted by molar-refractivity contribution is 5.80. The van der Waals surface area contributed by atoms with Gasteiger partial charge < -0.3 is 13.6 Å². The highest BCUT2D eigenvalue weighted by Crippen LogP contribution is 2.29. The summed E-state index contributed by atoms with van der Waals surface area (Å²) in [5, 5.41) is 0.762. The molecule has 0 saturated heterocycles. The molecule has 2 aromatic carbocycles. The number of rotatable bonds is 8. The van der Waals surface area contributed by atoms with Crippen molar-refractivity contribution in [2.24, 2.45) is 0 Å². The van der Waals surface area contributed by atoms with Gasteiger partial charge in [-0.2, -0.15) is 0 Å². The van der Waals surface area contributed by atoms with E-state index in [4.69, 9.17) is 13.6 Å². The molecule has 0 aliphatic carbocycles. The van der Waals surface area contributed by atoms with E-state index in [0.717, 1.165) is 36.6 Å². The first-order valence-corrected chi connectivity index (χ1v) is 10.2. The Hall–Kier alpha value is -3.41. The number of fused-ring (bicyclic) bond motifs is 2. The van der Waals surface area contributed by atoms with Gasteiger partial charge in [-0.15, -0.1) is 0 Å². The third kappa shape index (κ3) is 4.59. The standard InChI is InChI=1S/C24H23NO5/c1-2-3-4-7-17(24-25-19-8-5-6-9-20(19)30-24)14-23(27)28-18-12-10-16-11-13-22(26)29-21(16)15-18/h5-6,8-13,15,17H,2-4,7,14H2,1H3. The Balaban J connectivity index is 1.51. The van der Waals surface area contributed by atoms with Crippen LogP contribution in [0.1, 0.15) is 50.8 Å². The number of carbonyl (C=O) groups excluding carboxylic acids is 1. The Morgan fingerprint density at radius 3 is 2.70 bits per heavy atom. The average Bonchev–Trinajstić information content (AvgIpc) is 3.17. The number of nitrogens with zero attached hydrogens (tertiary/aromatic N) is 1. The van der Waals surface area contributed by atoms with Gasteiger partial charge in [0.25, 0.3) is 0 Å². The van der Waals surface area contributed by atoms with Crippen LogP contribution in [-0.4, -0.2) is 11.0 Å². The molecule has 2 aromatic heterocycles. The van der Waals surface area contributed by atoms with Crippen molar-refractivity contribution in [2.75, 3.05) is 0 Å². The fourth-order valence-corrected chi connectivity index (χ4v) is 3.50. The van der Waals surface area contributed by atoms with E-state index in [1.807, 2.05) is 24.3 Å². The first kappa shape index (κ1) is 19.9. The van der Waals surface area contributed by atoms with Gasteiger partial charge in [0.1, 0.15) is 16.8 Å². The number of hydrogen-bond acceptors (Lipinski definition) is 6. The van der Waals surface area contributed by atoms with Crippen LogP contribution in [0.2, 0.25) is 0 Å². The molecule has 0 N–H and O–H groups in total. The lowest BCUT2D eigenvalue weighted by molar-refractivity contribution is -0.135. The lowest BCUT2D eigenvalue weighted by atomic mass is 9.97. The minimum absolute atomic E-state index is 0.158. The molecule has 1 atom stereocenters. The summed E-state index contributed by atoms with van der Waals surface area (Å²) in [6.07, 6.45) is 4.10. The third-order valence-electron chi connectivity index (χ3n) is 5.06. The van der Waals surface area contributed by atoms with Crippen LogP contribution in [0, 0.1) is 0 Å². The highest BCUT2D eigenvalue weighted by atomic mass is 16.5. The zero-order valence-electron chi connectivity index (χ0n) is 16.8. The van der Waals surface area contributed by atoms with E-state index < -0.39 is 5.63 Å². The minimum Gasteiger partial charge on any atom is -0.440 e. The number of hydrogen-bond donors (Lipinski definition) is 0. The normalized spacial score (nSPS) is 12.3. The SMILES string of the molecule is CCCCCC(CC(=O)Oc1ccc2ccc(=O)oc2c1)c1nc2ccccc2o1. The van der Waals surface area contributed by atoms with Crippen LogP contribution < -0.4 is 10.4 Å². The first-order chi connectivity index (χ1) is 14.6. The van der Waals surface area contributed by atoms with Gasteiger partial charge in [0.2, 0.25) is 0 Å². The number of oxazole rings is 1. The average molecular weight is 405 g/mol. The quantitative estimate of drug-likeness (QED) is 0.164. The fraction of sp³-hybridized carbons (Fsp3) is 0.292. The number of benzene rings is 2. The molecular weight excluding hydrogens is 382 g/mol. The van der Waals surface area contributed by atoms with Crippen molar-refractivity contribution < 1.29 is 18.4 Å². The maximum Gasteiger partial charge on any atom is 0.336 e. The molecule has 6 heteroatoms. The molecule has 0 aliphatic rings. The van der Waals surface area contributed by atoms with Gasteiger partial charge >= 0.3 is 11.6 Å². The molecule has 6 nitrogen and oxygen atoms in total. The predicted octanol–water partition coefficient (Wildman–Crippen LogP) is 5.59. The Morgan fingerprint density at radius 2 is 1.87 bits per heavy atom. The molecule has 0 amide bonds. The predicted molar refractivity (Wildman–Crippen MR) is 114 cm³/mol. The second-order valence-corrected chi connectivity index (χ2v) is 7.34. The smallest absolute Gasteiger partial charge is 0.336 e. The van der Waals surface area contributed by atoms with E-state index in [1.54, 1.807) is 24.3 Å². The molecule has 0 aliphatic heterocycles. The fourth-order valence-electron chi connectivity index (χ4n) is 3.50. The van der Waals surface area contributed by atoms with Crippen LogP contribution in [0.25, 0.3) is 22.1 Å². The van der Waals surface area contributed by atoms with Crippen molar-refractivity contribution >= 4 is 28.0 Å². The van der Waals surface area contributed by atoms with Crippen molar-refractivity contribution in [3.05, 3.63) is 70.9 Å². The maximum absolute atomic E-state index is 12.7. The van der Waals surface area contributed by atoms with Gasteiger partial charge in [-0.05, 0) is 36.8 Å². The summed E-state index contributed by atoms with van der Waals surface area (Å²) in [6.45, 7) is 2.14. The number of esters is 1. The summed E-state index contributed by atoms with van der Waals surface area (Å²) < 4.78 is 16.6. The second-order valence-electron chi connectivity index (χ2n) is 7.34. The van der Waals surface area contributed by atoms with Gasteiger partial charge in [-0.1, -0.05) is 38.3 Å². The van der Waals surface area contributed by atoms with E-state index in [9.17, 15) is 9.59 Å². The van der Waals surface area contributed by atoms with E-state index in [2.05, 4.69) is 11.9 Å². The van der Waals surface area contributed by atoms with Crippen LogP contribution in [0.5, 0.6) is 5.75 Å². The molecule has 2 heterocycles. The lowest BCUT2D eigenvalue weighted by Gasteiger charge is -2.13. The van der Waals surface area contributed by atoms with E-state index in [-0.39, 0.29) is 18.3 Å². The summed E-state index contributed by atoms with van der Waals surface area (Å²) in [5.74, 6) is 0.367. The number of unbranched alkanes of at least 4 members (excludes halogenated alkanes) is 2. The Kier molecular flexibility index (Phi) is 5.93. The molecule has 4 rings (SSSR count). The summed E-state index contributed by atoms with van der Waals surface area (Å²) in [7, 11) is 0. The summed E-state index contributed by atoms with van der Waals surface area (Å²) in [6, 6.07) is 15.6. The number of aromatic nitrogens is 1. The van der Waals surface area contributed by atoms with Gasteiger partial charge in [0, 0.05) is 23.4 Å². The lowest BCUT2D eigenvalue weighted by Crippen LogP contribution is -2.14. The summed E-state index contributed by atoms with van der Waals surface area (Å²) >= 11 is 0. The topological polar surface area (TPSA) is 82.5 Å². The molecule has 0 radical (unpaired) electrons. The Labute approximate surface area is 173 Å². The largest absolute Gasteiger partial charge is 0.440 e. The molecule has 4 aromatic rings. The number of para-hydroxylation sites is 2. The Bertz CT molecular complexity index is 1190. The van der Waals surface area contributed by atoms with E-state index in [0.29, 0.717) is 22.8 Å². The van der Waals surface area contributed by atoms with Crippen molar-refractivity contribution in [3.8, 4) is 5.75 Å². The number of carbonyl (C=O) groups is 1. The van der Waals surface area contributed by atoms with Gasteiger partial charge in [0.15, 0.2) is 11.5 Å². The molecule has 1 unspecified atom stereocenters. The minimum atomic E-state index is -0.446. The van der Waals surface area contributed by atoms with Crippen molar-refractivity contribution in [1.82, 2.24) is 4.98 Å². The van der Waals surface area contributed by atoms with Crippen molar-refractivity contribution in [2.45, 2.75) is 44.9 Å².